The molecule has 0 bridgehead atoms. The van der Waals surface area contributed by atoms with Crippen molar-refractivity contribution in [2.45, 2.75) is 26.3 Å². The molecule has 11 nitrogen and oxygen atoms in total. The molecule has 0 fully saturated rings. The number of ether oxygens (including phenoxy) is 1. The Morgan fingerprint density at radius 1 is 0.950 bits per heavy atom. The van der Waals surface area contributed by atoms with E-state index < -0.39 is 34.5 Å². The molecule has 3 amide bonds. The van der Waals surface area contributed by atoms with Crippen LogP contribution >= 0.6 is 0 Å². The predicted octanol–water partition coefficient (Wildman–Crippen LogP) is 4.74. The maximum absolute atomic E-state index is 12.7. The number of aryl methyl sites for hydroxylation is 1. The Hall–Kier alpha value is -4.42. The Balaban J connectivity index is 1.88. The van der Waals surface area contributed by atoms with Gasteiger partial charge in [0.2, 0.25) is 15.9 Å². The Kier molecular flexibility index (Phi) is 9.51. The van der Waals surface area contributed by atoms with Crippen molar-refractivity contribution in [3.63, 3.8) is 0 Å². The molecule has 3 aromatic rings. The van der Waals surface area contributed by atoms with Crippen LogP contribution < -0.4 is 20.3 Å². The number of para-hydroxylation sites is 1. The average Bonchev–Trinajstić information content (AvgIpc) is 2.88. The standard InChI is InChI=1S/C28H32N4O7S/c1-18-8-6-7-9-23(18)29-28(36)30-24-15-14-22(16-26(24)39-4)32(19(2)33)21-12-10-20(11-13-21)25(17-27(34)35)31(3)40(5,37)38/h6-16,25H,17H2,1-5H3,(H,34,35)(H2,29,30,36). The average molecular weight is 569 g/mol. The van der Waals surface area contributed by atoms with Crippen LogP contribution in [0.3, 0.4) is 0 Å². The number of amides is 3. The molecule has 12 heteroatoms. The minimum absolute atomic E-state index is 0.316. The number of aliphatic carboxylic acids is 1. The number of carbonyl (C=O) groups excluding carboxylic acids is 2. The van der Waals surface area contributed by atoms with E-state index in [-0.39, 0.29) is 5.91 Å². The fourth-order valence-electron chi connectivity index (χ4n) is 4.12. The van der Waals surface area contributed by atoms with E-state index in [0.29, 0.717) is 34.1 Å². The zero-order valence-electron chi connectivity index (χ0n) is 22.8. The van der Waals surface area contributed by atoms with E-state index in [1.165, 1.54) is 26.0 Å². The number of methoxy groups -OCH3 is 1. The summed E-state index contributed by atoms with van der Waals surface area (Å²) in [5, 5.41) is 14.9. The quantitative estimate of drug-likeness (QED) is 0.320. The van der Waals surface area contributed by atoms with Crippen LogP contribution in [0.25, 0.3) is 0 Å². The van der Waals surface area contributed by atoms with E-state index in [1.54, 1.807) is 48.5 Å². The smallest absolute Gasteiger partial charge is 0.323 e. The summed E-state index contributed by atoms with van der Waals surface area (Å²) in [5.74, 6) is -1.15. The third-order valence-electron chi connectivity index (χ3n) is 6.27. The normalized spacial score (nSPS) is 11.9. The van der Waals surface area contributed by atoms with Gasteiger partial charge in [-0.15, -0.1) is 0 Å². The molecule has 212 valence electrons. The van der Waals surface area contributed by atoms with Crippen LogP contribution in [-0.2, 0) is 19.6 Å². The van der Waals surface area contributed by atoms with Gasteiger partial charge in [-0.1, -0.05) is 30.3 Å². The summed E-state index contributed by atoms with van der Waals surface area (Å²) < 4.78 is 30.6. The molecule has 0 aliphatic rings. The Labute approximate surface area is 233 Å². The molecule has 3 aromatic carbocycles. The highest BCUT2D eigenvalue weighted by atomic mass is 32.2. The number of sulfonamides is 1. The van der Waals surface area contributed by atoms with Crippen molar-refractivity contribution in [2.24, 2.45) is 0 Å². The highest BCUT2D eigenvalue weighted by molar-refractivity contribution is 7.88. The summed E-state index contributed by atoms with van der Waals surface area (Å²) in [7, 11) is -0.899. The summed E-state index contributed by atoms with van der Waals surface area (Å²) >= 11 is 0. The SMILES string of the molecule is COc1cc(N(C(C)=O)c2ccc(C(CC(=O)O)N(C)S(C)(=O)=O)cc2)ccc1NC(=O)Nc1ccccc1C. The molecule has 0 aliphatic carbocycles. The van der Waals surface area contributed by atoms with Crippen LogP contribution in [0.2, 0.25) is 0 Å². The highest BCUT2D eigenvalue weighted by Gasteiger charge is 2.27. The zero-order chi connectivity index (χ0) is 29.6. The van der Waals surface area contributed by atoms with Crippen LogP contribution in [0.15, 0.2) is 66.7 Å². The number of hydrogen-bond acceptors (Lipinski definition) is 6. The number of anilines is 4. The second-order valence-corrected chi connectivity index (χ2v) is 11.2. The molecular formula is C28H32N4O7S. The van der Waals surface area contributed by atoms with E-state index in [2.05, 4.69) is 10.6 Å². The number of hydrogen-bond donors (Lipinski definition) is 3. The number of carboxylic acid groups (broad SMARTS) is 1. The van der Waals surface area contributed by atoms with Crippen molar-refractivity contribution in [3.8, 4) is 5.75 Å². The first-order valence-electron chi connectivity index (χ1n) is 12.2. The summed E-state index contributed by atoms with van der Waals surface area (Å²) in [6.45, 7) is 3.26. The first-order valence-corrected chi connectivity index (χ1v) is 14.0. The third-order valence-corrected chi connectivity index (χ3v) is 7.57. The molecule has 40 heavy (non-hydrogen) atoms. The summed E-state index contributed by atoms with van der Waals surface area (Å²) in [6, 6.07) is 17.2. The van der Waals surface area contributed by atoms with Crippen molar-refractivity contribution in [1.29, 1.82) is 0 Å². The molecule has 0 saturated carbocycles. The number of benzene rings is 3. The molecule has 0 aromatic heterocycles. The number of nitrogens with zero attached hydrogens (tertiary/aromatic N) is 2. The van der Waals surface area contributed by atoms with Gasteiger partial charge in [-0.3, -0.25) is 14.5 Å². The van der Waals surface area contributed by atoms with Crippen LogP contribution in [0.5, 0.6) is 5.75 Å². The van der Waals surface area contributed by atoms with E-state index in [0.717, 1.165) is 16.1 Å². The van der Waals surface area contributed by atoms with Crippen molar-refractivity contribution in [2.75, 3.05) is 35.9 Å². The van der Waals surface area contributed by atoms with Crippen LogP contribution in [0.4, 0.5) is 27.5 Å². The molecule has 0 heterocycles. The maximum atomic E-state index is 12.7. The summed E-state index contributed by atoms with van der Waals surface area (Å²) in [4.78, 5) is 38.1. The predicted molar refractivity (Wildman–Crippen MR) is 154 cm³/mol. The second-order valence-electron chi connectivity index (χ2n) is 9.12. The zero-order valence-corrected chi connectivity index (χ0v) is 23.7. The third kappa shape index (κ3) is 7.36. The van der Waals surface area contributed by atoms with Gasteiger partial charge in [0.05, 0.1) is 37.2 Å². The molecule has 3 rings (SSSR count). The molecule has 1 unspecified atom stereocenters. The molecule has 1 atom stereocenters. The van der Waals surface area contributed by atoms with Crippen LogP contribution in [-0.4, -0.2) is 56.2 Å². The maximum Gasteiger partial charge on any atom is 0.323 e. The Morgan fingerprint density at radius 2 is 1.55 bits per heavy atom. The van der Waals surface area contributed by atoms with Gasteiger partial charge < -0.3 is 20.5 Å². The van der Waals surface area contributed by atoms with Crippen molar-refractivity contribution < 1.29 is 32.6 Å². The molecule has 0 saturated heterocycles. The van der Waals surface area contributed by atoms with Crippen LogP contribution in [0, 0.1) is 6.92 Å². The lowest BCUT2D eigenvalue weighted by Crippen LogP contribution is -2.31. The monoisotopic (exact) mass is 568 g/mol. The fourth-order valence-corrected chi connectivity index (χ4v) is 4.78. The van der Waals surface area contributed by atoms with Gasteiger partial charge in [-0.25, -0.2) is 13.2 Å². The summed E-state index contributed by atoms with van der Waals surface area (Å²) in [6.07, 6.45) is 0.578. The molecule has 0 spiro atoms. The lowest BCUT2D eigenvalue weighted by molar-refractivity contribution is -0.138. The first kappa shape index (κ1) is 30.1. The lowest BCUT2D eigenvalue weighted by atomic mass is 10.0. The number of carboxylic acids is 1. The topological polar surface area (TPSA) is 145 Å². The van der Waals surface area contributed by atoms with Gasteiger partial charge in [-0.05, 0) is 48.4 Å². The summed E-state index contributed by atoms with van der Waals surface area (Å²) in [5.41, 5.74) is 3.33. The van der Waals surface area contributed by atoms with Gasteiger partial charge in [0, 0.05) is 31.4 Å². The number of nitrogens with one attached hydrogen (secondary N) is 2. The second kappa shape index (κ2) is 12.6. The molecule has 3 N–H and O–H groups in total. The van der Waals surface area contributed by atoms with Crippen molar-refractivity contribution in [1.82, 2.24) is 4.31 Å². The lowest BCUT2D eigenvalue weighted by Gasteiger charge is -2.27. The van der Waals surface area contributed by atoms with Crippen LogP contribution in [0.1, 0.15) is 30.5 Å². The van der Waals surface area contributed by atoms with Gasteiger partial charge in [0.1, 0.15) is 5.75 Å². The highest BCUT2D eigenvalue weighted by Crippen LogP contribution is 2.35. The van der Waals surface area contributed by atoms with Gasteiger partial charge in [-0.2, -0.15) is 4.31 Å². The Bertz CT molecular complexity index is 1510. The molecule has 0 radical (unpaired) electrons. The van der Waals surface area contributed by atoms with E-state index >= 15 is 0 Å². The number of urea groups is 1. The minimum atomic E-state index is -3.66. The molecular weight excluding hydrogens is 536 g/mol. The fraction of sp³-hybridized carbons (Fsp3) is 0.250. The number of carbonyl (C=O) groups is 3. The van der Waals surface area contributed by atoms with E-state index in [1.807, 2.05) is 25.1 Å². The Morgan fingerprint density at radius 3 is 2.10 bits per heavy atom. The largest absolute Gasteiger partial charge is 0.494 e. The first-order chi connectivity index (χ1) is 18.8. The van der Waals surface area contributed by atoms with E-state index in [9.17, 15) is 27.9 Å². The number of rotatable bonds is 10. The van der Waals surface area contributed by atoms with Crippen molar-refractivity contribution >= 4 is 50.7 Å². The van der Waals surface area contributed by atoms with Crippen molar-refractivity contribution in [3.05, 3.63) is 77.9 Å². The minimum Gasteiger partial charge on any atom is -0.494 e. The van der Waals surface area contributed by atoms with Gasteiger partial charge in [0.25, 0.3) is 0 Å². The van der Waals surface area contributed by atoms with Gasteiger partial charge in [0.15, 0.2) is 0 Å². The van der Waals surface area contributed by atoms with Gasteiger partial charge >= 0.3 is 12.0 Å². The molecule has 0 aliphatic heterocycles. The van der Waals surface area contributed by atoms with E-state index in [4.69, 9.17) is 4.74 Å².